The lowest BCUT2D eigenvalue weighted by molar-refractivity contribution is 0.0867. The first-order chi connectivity index (χ1) is 21.4. The molecule has 4 saturated carbocycles. The van der Waals surface area contributed by atoms with Gasteiger partial charge < -0.3 is 0 Å². The summed E-state index contributed by atoms with van der Waals surface area (Å²) in [5.74, 6) is 6.59. The highest BCUT2D eigenvalue weighted by Gasteiger charge is 2.55. The minimum atomic E-state index is 0.378. The van der Waals surface area contributed by atoms with Crippen molar-refractivity contribution in [2.75, 3.05) is 0 Å². The van der Waals surface area contributed by atoms with Gasteiger partial charge in [0.15, 0.2) is 0 Å². The van der Waals surface area contributed by atoms with Gasteiger partial charge in [-0.25, -0.2) is 0 Å². The molecule has 0 aromatic carbocycles. The van der Waals surface area contributed by atoms with E-state index >= 15 is 0 Å². The molecule has 8 N–H and O–H groups in total. The molecule has 17 atom stereocenters. The first-order valence-corrected chi connectivity index (χ1v) is 19.5. The van der Waals surface area contributed by atoms with E-state index in [2.05, 4.69) is 63.3 Å². The van der Waals surface area contributed by atoms with Crippen LogP contribution in [0.2, 0.25) is 0 Å². The third-order valence-electron chi connectivity index (χ3n) is 15.1. The van der Waals surface area contributed by atoms with Gasteiger partial charge in [-0.2, -0.15) is 0 Å². The summed E-state index contributed by atoms with van der Waals surface area (Å²) in [4.78, 5) is 0. The van der Waals surface area contributed by atoms with Crippen molar-refractivity contribution < 1.29 is 0 Å². The average molecular weight is 609 g/mol. The Balaban J connectivity index is 1.05. The van der Waals surface area contributed by atoms with E-state index in [9.17, 15) is 0 Å². The SMILES string of the molecule is CC(C)(C)C1CCC2C3NC4NC(NC5NC(NC6NC(NC(N3)C2C1)C1CCCCC61)C1CCCCC51)C1CCCCC41. The van der Waals surface area contributed by atoms with Gasteiger partial charge in [-0.1, -0.05) is 59.3 Å². The zero-order valence-corrected chi connectivity index (χ0v) is 27.9. The molecule has 44 heavy (non-hydrogen) atoms. The van der Waals surface area contributed by atoms with Crippen LogP contribution in [0.3, 0.4) is 0 Å². The first kappa shape index (κ1) is 29.8. The lowest BCUT2D eigenvalue weighted by atomic mass is 9.65. The summed E-state index contributed by atoms with van der Waals surface area (Å²) in [7, 11) is 0. The second-order valence-electron chi connectivity index (χ2n) is 18.2. The number of fused-ring (bicyclic) bond motifs is 20. The molecule has 0 radical (unpaired) electrons. The van der Waals surface area contributed by atoms with E-state index in [1.807, 2.05) is 0 Å². The normalized spacial score (nSPS) is 55.6. The minimum Gasteiger partial charge on any atom is -0.286 e. The van der Waals surface area contributed by atoms with Crippen LogP contribution in [0, 0.1) is 58.7 Å². The van der Waals surface area contributed by atoms with Crippen LogP contribution in [0.5, 0.6) is 0 Å². The molecule has 0 aromatic heterocycles. The average Bonchev–Trinajstić information content (AvgIpc) is 3.76. The second-order valence-corrected chi connectivity index (χ2v) is 18.2. The molecule has 5 aliphatic heterocycles. The van der Waals surface area contributed by atoms with Crippen molar-refractivity contribution in [1.82, 2.24) is 42.5 Å². The molecule has 8 heteroatoms. The highest BCUT2D eigenvalue weighted by atomic mass is 15.4. The zero-order valence-electron chi connectivity index (χ0n) is 27.9. The van der Waals surface area contributed by atoms with E-state index in [-0.39, 0.29) is 0 Å². The summed E-state index contributed by atoms with van der Waals surface area (Å²) in [6.45, 7) is 7.45. The Bertz CT molecular complexity index is 1030. The van der Waals surface area contributed by atoms with Crippen LogP contribution in [0.1, 0.15) is 117 Å². The zero-order chi connectivity index (χ0) is 29.6. The molecule has 0 aromatic rings. The number of nitrogens with one attached hydrogen (secondary N) is 8. The van der Waals surface area contributed by atoms with Crippen molar-refractivity contribution in [3.8, 4) is 0 Å². The minimum absolute atomic E-state index is 0.378. The topological polar surface area (TPSA) is 96.2 Å². The van der Waals surface area contributed by atoms with Crippen LogP contribution in [-0.4, -0.2) is 49.3 Å². The van der Waals surface area contributed by atoms with Gasteiger partial charge in [-0.05, 0) is 116 Å². The number of hydrogen-bond donors (Lipinski definition) is 8. The molecule has 4 aliphatic carbocycles. The van der Waals surface area contributed by atoms with Gasteiger partial charge in [0, 0.05) is 0 Å². The Morgan fingerprint density at radius 3 is 0.841 bits per heavy atom. The molecule has 8 nitrogen and oxygen atoms in total. The van der Waals surface area contributed by atoms with Crippen LogP contribution in [0.25, 0.3) is 0 Å². The third kappa shape index (κ3) is 5.15. The van der Waals surface area contributed by atoms with Crippen LogP contribution < -0.4 is 42.5 Å². The fourth-order valence-corrected chi connectivity index (χ4v) is 12.8. The standard InChI is InChI=1S/C36H64N8/c1-36(2,3)19-16-17-26-27(18-19)35-43-33-25-15-9-8-14-24(25)31(41-33)39-29-21-11-5-4-10-20(21)28(37-29)38-30-22-12-6-7-13-23(22)32(40-30)42-34(26)44-35/h19-35,37-44H,4-18H2,1-3H3. The molecule has 9 aliphatic rings. The van der Waals surface area contributed by atoms with E-state index in [4.69, 9.17) is 0 Å². The summed E-state index contributed by atoms with van der Waals surface area (Å²) in [6.07, 6.45) is 23.9. The second kappa shape index (κ2) is 11.7. The summed E-state index contributed by atoms with van der Waals surface area (Å²) in [5.41, 5.74) is 0.385. The molecule has 17 unspecified atom stereocenters. The Hall–Kier alpha value is -0.320. The summed E-state index contributed by atoms with van der Waals surface area (Å²) >= 11 is 0. The summed E-state index contributed by atoms with van der Waals surface area (Å²) in [6, 6.07) is 0. The van der Waals surface area contributed by atoms with Crippen molar-refractivity contribution in [2.45, 2.75) is 166 Å². The van der Waals surface area contributed by atoms with E-state index in [0.29, 0.717) is 66.6 Å². The van der Waals surface area contributed by atoms with Crippen LogP contribution in [0.15, 0.2) is 0 Å². The maximum atomic E-state index is 4.33. The molecular weight excluding hydrogens is 544 g/mol. The van der Waals surface area contributed by atoms with E-state index in [1.54, 1.807) is 0 Å². The highest BCUT2D eigenvalue weighted by molar-refractivity contribution is 5.08. The lowest BCUT2D eigenvalue weighted by Gasteiger charge is -2.42. The quantitative estimate of drug-likeness (QED) is 0.210. The van der Waals surface area contributed by atoms with E-state index < -0.39 is 0 Å². The van der Waals surface area contributed by atoms with Crippen molar-refractivity contribution >= 4 is 0 Å². The lowest BCUT2D eigenvalue weighted by Crippen LogP contribution is -2.61. The fourth-order valence-electron chi connectivity index (χ4n) is 12.8. The molecule has 8 bridgehead atoms. The molecule has 5 heterocycles. The van der Waals surface area contributed by atoms with Gasteiger partial charge >= 0.3 is 0 Å². The number of hydrogen-bond acceptors (Lipinski definition) is 8. The van der Waals surface area contributed by atoms with E-state index in [1.165, 1.54) is 96.3 Å². The molecule has 5 saturated heterocycles. The van der Waals surface area contributed by atoms with Crippen molar-refractivity contribution in [3.63, 3.8) is 0 Å². The van der Waals surface area contributed by atoms with Crippen LogP contribution in [-0.2, 0) is 0 Å². The third-order valence-corrected chi connectivity index (χ3v) is 15.1. The predicted octanol–water partition coefficient (Wildman–Crippen LogP) is 3.88. The van der Waals surface area contributed by atoms with Gasteiger partial charge in [-0.15, -0.1) is 0 Å². The fraction of sp³-hybridized carbons (Fsp3) is 1.00. The smallest absolute Gasteiger partial charge is 0.0628 e. The van der Waals surface area contributed by atoms with Gasteiger partial charge in [0.2, 0.25) is 0 Å². The monoisotopic (exact) mass is 609 g/mol. The summed E-state index contributed by atoms with van der Waals surface area (Å²) < 4.78 is 0. The summed E-state index contributed by atoms with van der Waals surface area (Å²) in [5, 5.41) is 34.1. The molecular formula is C36H64N8. The number of rotatable bonds is 0. The largest absolute Gasteiger partial charge is 0.286 e. The predicted molar refractivity (Wildman–Crippen MR) is 176 cm³/mol. The Kier molecular flexibility index (Phi) is 7.91. The van der Waals surface area contributed by atoms with Gasteiger partial charge in [0.1, 0.15) is 0 Å². The molecule has 0 spiro atoms. The Morgan fingerprint density at radius 2 is 0.568 bits per heavy atom. The Morgan fingerprint density at radius 1 is 0.318 bits per heavy atom. The van der Waals surface area contributed by atoms with Crippen LogP contribution in [0.4, 0.5) is 0 Å². The highest BCUT2D eigenvalue weighted by Crippen LogP contribution is 2.49. The van der Waals surface area contributed by atoms with Gasteiger partial charge in [0.05, 0.1) is 49.3 Å². The van der Waals surface area contributed by atoms with Crippen molar-refractivity contribution in [1.29, 1.82) is 0 Å². The molecule has 0 amide bonds. The van der Waals surface area contributed by atoms with Crippen molar-refractivity contribution in [2.24, 2.45) is 58.7 Å². The van der Waals surface area contributed by atoms with Gasteiger partial charge in [-0.3, -0.25) is 42.5 Å². The van der Waals surface area contributed by atoms with Crippen molar-refractivity contribution in [3.05, 3.63) is 0 Å². The molecule has 9 rings (SSSR count). The first-order valence-electron chi connectivity index (χ1n) is 19.5. The van der Waals surface area contributed by atoms with Gasteiger partial charge in [0.25, 0.3) is 0 Å². The molecule has 9 fully saturated rings. The maximum Gasteiger partial charge on any atom is 0.0628 e. The van der Waals surface area contributed by atoms with Crippen LogP contribution >= 0.6 is 0 Å². The van der Waals surface area contributed by atoms with E-state index in [0.717, 1.165) is 41.4 Å². The maximum absolute atomic E-state index is 4.33. The molecule has 248 valence electrons. The Labute approximate surface area is 267 Å².